The molecule has 0 bridgehead atoms. The number of halogens is 1. The topological polar surface area (TPSA) is 51.2 Å². The van der Waals surface area contributed by atoms with Gasteiger partial charge in [0.1, 0.15) is 12.4 Å². The summed E-state index contributed by atoms with van der Waals surface area (Å²) in [6.07, 6.45) is 0. The number of rotatable bonds is 6. The first kappa shape index (κ1) is 18.4. The summed E-state index contributed by atoms with van der Waals surface area (Å²) in [7, 11) is 0. The van der Waals surface area contributed by atoms with E-state index in [2.05, 4.69) is 10.3 Å². The molecule has 1 aromatic heterocycles. The first-order chi connectivity index (χ1) is 12.5. The fourth-order valence-electron chi connectivity index (χ4n) is 2.45. The molecule has 2 aromatic carbocycles. The molecule has 134 valence electrons. The zero-order chi connectivity index (χ0) is 18.5. The van der Waals surface area contributed by atoms with E-state index in [0.717, 1.165) is 16.3 Å². The van der Waals surface area contributed by atoms with E-state index in [1.165, 1.54) is 0 Å². The van der Waals surface area contributed by atoms with Crippen molar-refractivity contribution in [2.75, 3.05) is 0 Å². The van der Waals surface area contributed by atoms with Crippen LogP contribution in [-0.2, 0) is 6.61 Å². The summed E-state index contributed by atoms with van der Waals surface area (Å²) in [6.45, 7) is 4.26. The van der Waals surface area contributed by atoms with E-state index in [-0.39, 0.29) is 11.9 Å². The average molecular weight is 387 g/mol. The number of nitrogens with zero attached hydrogens (tertiary/aromatic N) is 1. The predicted octanol–water partition coefficient (Wildman–Crippen LogP) is 5.17. The lowest BCUT2D eigenvalue weighted by molar-refractivity contribution is 0.0938. The fraction of sp³-hybridized carbons (Fsp3) is 0.200. The first-order valence-corrected chi connectivity index (χ1v) is 9.47. The minimum Gasteiger partial charge on any atom is -0.489 e. The van der Waals surface area contributed by atoms with Crippen molar-refractivity contribution in [2.24, 2.45) is 0 Å². The molecule has 1 atom stereocenters. The summed E-state index contributed by atoms with van der Waals surface area (Å²) in [5, 5.41) is 6.59. The number of nitrogens with one attached hydrogen (secondary N) is 1. The summed E-state index contributed by atoms with van der Waals surface area (Å²) in [5.74, 6) is 0.478. The van der Waals surface area contributed by atoms with Gasteiger partial charge < -0.3 is 10.1 Å². The van der Waals surface area contributed by atoms with Crippen LogP contribution in [0.3, 0.4) is 0 Å². The van der Waals surface area contributed by atoms with Crippen molar-refractivity contribution in [3.63, 3.8) is 0 Å². The molecule has 1 heterocycles. The van der Waals surface area contributed by atoms with Crippen LogP contribution in [0, 0.1) is 6.92 Å². The number of benzene rings is 2. The third-order valence-electron chi connectivity index (χ3n) is 3.82. The number of aromatic nitrogens is 1. The summed E-state index contributed by atoms with van der Waals surface area (Å²) >= 11 is 7.55. The molecule has 0 aliphatic carbocycles. The Bertz CT molecular complexity index is 910. The van der Waals surface area contributed by atoms with Crippen LogP contribution in [0.5, 0.6) is 5.75 Å². The molecule has 0 fully saturated rings. The van der Waals surface area contributed by atoms with Crippen LogP contribution in [0.25, 0.3) is 0 Å². The van der Waals surface area contributed by atoms with Gasteiger partial charge in [-0.25, -0.2) is 4.98 Å². The Morgan fingerprint density at radius 3 is 2.81 bits per heavy atom. The molecular formula is C20H19ClN2O2S. The van der Waals surface area contributed by atoms with Crippen LogP contribution < -0.4 is 10.1 Å². The number of thiazole rings is 1. The third-order valence-corrected chi connectivity index (χ3v) is 4.85. The fourth-order valence-corrected chi connectivity index (χ4v) is 3.37. The molecular weight excluding hydrogens is 368 g/mol. The van der Waals surface area contributed by atoms with Gasteiger partial charge in [0.2, 0.25) is 0 Å². The maximum Gasteiger partial charge on any atom is 0.251 e. The molecule has 1 amide bonds. The Morgan fingerprint density at radius 1 is 1.27 bits per heavy atom. The van der Waals surface area contributed by atoms with Crippen molar-refractivity contribution in [3.8, 4) is 5.75 Å². The Kier molecular flexibility index (Phi) is 5.91. The van der Waals surface area contributed by atoms with Gasteiger partial charge in [0.25, 0.3) is 5.91 Å². The summed E-state index contributed by atoms with van der Waals surface area (Å²) in [6, 6.07) is 14.5. The Labute approximate surface area is 161 Å². The predicted molar refractivity (Wildman–Crippen MR) is 105 cm³/mol. The second-order valence-corrected chi connectivity index (χ2v) is 7.43. The minimum absolute atomic E-state index is 0.150. The van der Waals surface area contributed by atoms with Gasteiger partial charge in [-0.3, -0.25) is 4.79 Å². The van der Waals surface area contributed by atoms with Gasteiger partial charge in [-0.15, -0.1) is 11.3 Å². The van der Waals surface area contributed by atoms with Gasteiger partial charge in [-0.2, -0.15) is 0 Å². The lowest BCUT2D eigenvalue weighted by atomic mass is 10.1. The summed E-state index contributed by atoms with van der Waals surface area (Å²) in [5.41, 5.74) is 2.39. The van der Waals surface area contributed by atoms with Crippen LogP contribution in [0.1, 0.15) is 39.6 Å². The highest BCUT2D eigenvalue weighted by atomic mass is 35.5. The lowest BCUT2D eigenvalue weighted by Gasteiger charge is -2.13. The highest BCUT2D eigenvalue weighted by Crippen LogP contribution is 2.19. The van der Waals surface area contributed by atoms with Crippen LogP contribution in [0.2, 0.25) is 5.02 Å². The number of carbonyl (C=O) groups is 1. The van der Waals surface area contributed by atoms with Crippen LogP contribution in [0.4, 0.5) is 0 Å². The van der Waals surface area contributed by atoms with Crippen molar-refractivity contribution in [3.05, 3.63) is 80.8 Å². The maximum absolute atomic E-state index is 12.5. The zero-order valence-corrected chi connectivity index (χ0v) is 16.1. The molecule has 0 aliphatic heterocycles. The molecule has 3 rings (SSSR count). The molecule has 0 spiro atoms. The molecule has 6 heteroatoms. The second kappa shape index (κ2) is 8.34. The standard InChI is InChI=1S/C20H19ClN2O2S/c1-13(19-12-26-14(2)23-19)22-20(24)16-6-4-8-18(10-16)25-11-15-5-3-7-17(21)9-15/h3-10,12-13H,11H2,1-2H3,(H,22,24). The van der Waals surface area contributed by atoms with Gasteiger partial charge in [0, 0.05) is 16.0 Å². The van der Waals surface area contributed by atoms with Gasteiger partial charge in [0.05, 0.1) is 16.7 Å². The van der Waals surface area contributed by atoms with E-state index in [0.29, 0.717) is 22.9 Å². The third kappa shape index (κ3) is 4.84. The summed E-state index contributed by atoms with van der Waals surface area (Å²) in [4.78, 5) is 16.9. The lowest BCUT2D eigenvalue weighted by Crippen LogP contribution is -2.26. The van der Waals surface area contributed by atoms with Gasteiger partial charge in [-0.1, -0.05) is 29.8 Å². The van der Waals surface area contributed by atoms with Crippen molar-refractivity contribution in [2.45, 2.75) is 26.5 Å². The highest BCUT2D eigenvalue weighted by Gasteiger charge is 2.14. The Balaban J connectivity index is 1.63. The number of ether oxygens (including phenoxy) is 1. The maximum atomic E-state index is 12.5. The summed E-state index contributed by atoms with van der Waals surface area (Å²) < 4.78 is 5.78. The molecule has 0 saturated heterocycles. The Hall–Kier alpha value is -2.37. The first-order valence-electron chi connectivity index (χ1n) is 8.21. The van der Waals surface area contributed by atoms with E-state index in [1.807, 2.05) is 49.6 Å². The highest BCUT2D eigenvalue weighted by molar-refractivity contribution is 7.09. The normalized spacial score (nSPS) is 11.8. The number of hydrogen-bond acceptors (Lipinski definition) is 4. The van der Waals surface area contributed by atoms with E-state index in [1.54, 1.807) is 29.5 Å². The van der Waals surface area contributed by atoms with E-state index in [9.17, 15) is 4.79 Å². The SMILES string of the molecule is Cc1nc(C(C)NC(=O)c2cccc(OCc3cccc(Cl)c3)c2)cs1. The zero-order valence-electron chi connectivity index (χ0n) is 14.5. The molecule has 4 nitrogen and oxygen atoms in total. The Morgan fingerprint density at radius 2 is 2.08 bits per heavy atom. The molecule has 0 saturated carbocycles. The molecule has 26 heavy (non-hydrogen) atoms. The number of amides is 1. The van der Waals surface area contributed by atoms with Crippen molar-refractivity contribution in [1.82, 2.24) is 10.3 Å². The number of carbonyl (C=O) groups excluding carboxylic acids is 1. The minimum atomic E-state index is -0.156. The smallest absolute Gasteiger partial charge is 0.251 e. The average Bonchev–Trinajstić information content (AvgIpc) is 3.07. The largest absolute Gasteiger partial charge is 0.489 e. The molecule has 3 aromatic rings. The van der Waals surface area contributed by atoms with Crippen LogP contribution in [0.15, 0.2) is 53.9 Å². The molecule has 0 aliphatic rings. The van der Waals surface area contributed by atoms with Crippen LogP contribution in [-0.4, -0.2) is 10.9 Å². The molecule has 1 N–H and O–H groups in total. The monoisotopic (exact) mass is 386 g/mol. The quantitative estimate of drug-likeness (QED) is 0.635. The van der Waals surface area contributed by atoms with Crippen molar-refractivity contribution in [1.29, 1.82) is 0 Å². The van der Waals surface area contributed by atoms with E-state index >= 15 is 0 Å². The number of hydrogen-bond donors (Lipinski definition) is 1. The van der Waals surface area contributed by atoms with Crippen LogP contribution >= 0.6 is 22.9 Å². The van der Waals surface area contributed by atoms with Gasteiger partial charge in [0.15, 0.2) is 0 Å². The van der Waals surface area contributed by atoms with Crippen molar-refractivity contribution < 1.29 is 9.53 Å². The second-order valence-electron chi connectivity index (χ2n) is 5.93. The number of aryl methyl sites for hydroxylation is 1. The van der Waals surface area contributed by atoms with Gasteiger partial charge >= 0.3 is 0 Å². The van der Waals surface area contributed by atoms with E-state index in [4.69, 9.17) is 16.3 Å². The molecule has 0 radical (unpaired) electrons. The molecule has 1 unspecified atom stereocenters. The van der Waals surface area contributed by atoms with Crippen molar-refractivity contribution >= 4 is 28.8 Å². The van der Waals surface area contributed by atoms with E-state index < -0.39 is 0 Å². The van der Waals surface area contributed by atoms with Gasteiger partial charge in [-0.05, 0) is 49.7 Å².